The van der Waals surface area contributed by atoms with Crippen LogP contribution < -0.4 is 9.46 Å². The van der Waals surface area contributed by atoms with Crippen molar-refractivity contribution >= 4 is 33.0 Å². The van der Waals surface area contributed by atoms with Gasteiger partial charge in [-0.2, -0.15) is 0 Å². The lowest BCUT2D eigenvalue weighted by molar-refractivity contribution is -0.274. The molecule has 158 valence electrons. The van der Waals surface area contributed by atoms with E-state index >= 15 is 0 Å². The van der Waals surface area contributed by atoms with Crippen molar-refractivity contribution in [3.8, 4) is 16.9 Å². The van der Waals surface area contributed by atoms with Crippen molar-refractivity contribution < 1.29 is 36.2 Å². The molecule has 2 aromatic carbocycles. The summed E-state index contributed by atoms with van der Waals surface area (Å²) in [6.45, 7) is 1.58. The van der Waals surface area contributed by atoms with Crippen molar-refractivity contribution in [1.29, 1.82) is 0 Å². The van der Waals surface area contributed by atoms with Gasteiger partial charge in [-0.1, -0.05) is 30.3 Å². The predicted octanol–water partition coefficient (Wildman–Crippen LogP) is 5.12. The van der Waals surface area contributed by atoms with Gasteiger partial charge >= 0.3 is 12.3 Å². The Morgan fingerprint density at radius 1 is 1.13 bits per heavy atom. The monoisotopic (exact) mass is 457 g/mol. The summed E-state index contributed by atoms with van der Waals surface area (Å²) in [5, 5.41) is 10.8. The molecule has 0 radical (unpaired) electrons. The van der Waals surface area contributed by atoms with Gasteiger partial charge in [-0.15, -0.1) is 24.5 Å². The summed E-state index contributed by atoms with van der Waals surface area (Å²) in [7, 11) is -4.16. The number of halogens is 3. The Kier molecular flexibility index (Phi) is 5.77. The third-order valence-corrected chi connectivity index (χ3v) is 6.46. The standard InChI is InChI=1S/C19H14F3NO5S2/c1-11-5-2-3-8-15(11)30(26,27)23-16-14(10-29-17(16)18(24)25)12-6-4-7-13(9-12)28-19(20,21)22/h2-10,23H,1H3,(H,24,25). The van der Waals surface area contributed by atoms with E-state index < -0.39 is 28.1 Å². The number of carboxylic acids is 1. The summed E-state index contributed by atoms with van der Waals surface area (Å²) in [4.78, 5) is 11.3. The van der Waals surface area contributed by atoms with Crippen molar-refractivity contribution in [2.45, 2.75) is 18.2 Å². The van der Waals surface area contributed by atoms with Crippen molar-refractivity contribution in [2.24, 2.45) is 0 Å². The first-order chi connectivity index (χ1) is 14.0. The van der Waals surface area contributed by atoms with Crippen LogP contribution >= 0.6 is 11.3 Å². The summed E-state index contributed by atoms with van der Waals surface area (Å²) in [6.07, 6.45) is -4.91. The fourth-order valence-electron chi connectivity index (χ4n) is 2.74. The van der Waals surface area contributed by atoms with E-state index in [1.54, 1.807) is 19.1 Å². The van der Waals surface area contributed by atoms with Crippen LogP contribution in [0.1, 0.15) is 15.2 Å². The molecule has 0 saturated carbocycles. The molecule has 2 N–H and O–H groups in total. The highest BCUT2D eigenvalue weighted by atomic mass is 32.2. The van der Waals surface area contributed by atoms with Crippen molar-refractivity contribution in [1.82, 2.24) is 0 Å². The lowest BCUT2D eigenvalue weighted by atomic mass is 10.1. The number of hydrogen-bond acceptors (Lipinski definition) is 5. The topological polar surface area (TPSA) is 92.7 Å². The molecule has 30 heavy (non-hydrogen) atoms. The van der Waals surface area contributed by atoms with Gasteiger partial charge in [-0.05, 0) is 36.2 Å². The molecule has 0 aliphatic heterocycles. The van der Waals surface area contributed by atoms with Crippen LogP contribution in [0.4, 0.5) is 18.9 Å². The van der Waals surface area contributed by atoms with Gasteiger partial charge in [-0.3, -0.25) is 4.72 Å². The zero-order valence-corrected chi connectivity index (χ0v) is 16.9. The molecule has 0 aliphatic carbocycles. The maximum atomic E-state index is 12.9. The van der Waals surface area contributed by atoms with Crippen LogP contribution in [0.3, 0.4) is 0 Å². The molecule has 0 amide bonds. The lowest BCUT2D eigenvalue weighted by Crippen LogP contribution is -2.17. The minimum absolute atomic E-state index is 0.0485. The molecule has 0 unspecified atom stereocenters. The molecule has 1 aromatic heterocycles. The van der Waals surface area contributed by atoms with Crippen molar-refractivity contribution in [2.75, 3.05) is 4.72 Å². The van der Waals surface area contributed by atoms with Crippen LogP contribution in [-0.4, -0.2) is 25.9 Å². The molecular weight excluding hydrogens is 443 g/mol. The third-order valence-electron chi connectivity index (χ3n) is 3.98. The molecule has 11 heteroatoms. The summed E-state index contributed by atoms with van der Waals surface area (Å²) < 4.78 is 69.5. The molecule has 3 aromatic rings. The van der Waals surface area contributed by atoms with Crippen LogP contribution in [-0.2, 0) is 10.0 Å². The van der Waals surface area contributed by atoms with Crippen molar-refractivity contribution in [3.05, 3.63) is 64.4 Å². The van der Waals surface area contributed by atoms with E-state index in [2.05, 4.69) is 9.46 Å². The number of sulfonamides is 1. The number of aryl methyl sites for hydroxylation is 1. The summed E-state index contributed by atoms with van der Waals surface area (Å²) >= 11 is 0.749. The number of benzene rings is 2. The number of hydrogen-bond donors (Lipinski definition) is 2. The van der Waals surface area contributed by atoms with Crippen LogP contribution in [0.25, 0.3) is 11.1 Å². The zero-order valence-electron chi connectivity index (χ0n) is 15.2. The van der Waals surface area contributed by atoms with E-state index in [1.165, 1.54) is 29.6 Å². The first-order valence-corrected chi connectivity index (χ1v) is 10.6. The van der Waals surface area contributed by atoms with Crippen LogP contribution in [0.15, 0.2) is 58.8 Å². The highest BCUT2D eigenvalue weighted by Crippen LogP contribution is 2.39. The number of rotatable bonds is 6. The van der Waals surface area contributed by atoms with Gasteiger partial charge in [0.05, 0.1) is 10.6 Å². The highest BCUT2D eigenvalue weighted by molar-refractivity contribution is 7.92. The van der Waals surface area contributed by atoms with Gasteiger partial charge in [0.25, 0.3) is 10.0 Å². The largest absolute Gasteiger partial charge is 0.573 e. The fraction of sp³-hybridized carbons (Fsp3) is 0.105. The lowest BCUT2D eigenvalue weighted by Gasteiger charge is -2.13. The first kappa shape index (κ1) is 21.7. The highest BCUT2D eigenvalue weighted by Gasteiger charge is 2.31. The maximum absolute atomic E-state index is 12.9. The van der Waals surface area contributed by atoms with Gasteiger partial charge in [0.15, 0.2) is 0 Å². The Morgan fingerprint density at radius 2 is 1.83 bits per heavy atom. The number of aromatic carboxylic acids is 1. The Balaban J connectivity index is 2.09. The number of nitrogens with one attached hydrogen (secondary N) is 1. The molecular formula is C19H14F3NO5S2. The van der Waals surface area contributed by atoms with E-state index in [0.29, 0.717) is 5.56 Å². The predicted molar refractivity (Wildman–Crippen MR) is 105 cm³/mol. The summed E-state index contributed by atoms with van der Waals surface area (Å²) in [5.74, 6) is -1.90. The van der Waals surface area contributed by atoms with E-state index in [9.17, 15) is 31.5 Å². The smallest absolute Gasteiger partial charge is 0.477 e. The quantitative estimate of drug-likeness (QED) is 0.536. The molecule has 0 bridgehead atoms. The molecule has 6 nitrogen and oxygen atoms in total. The fourth-order valence-corrected chi connectivity index (χ4v) is 5.01. The molecule has 0 aliphatic rings. The van der Waals surface area contributed by atoms with Crippen LogP contribution in [0.2, 0.25) is 0 Å². The van der Waals surface area contributed by atoms with E-state index in [4.69, 9.17) is 0 Å². The molecule has 1 heterocycles. The third kappa shape index (κ3) is 4.74. The Hall–Kier alpha value is -3.05. The second kappa shape index (κ2) is 8.00. The Labute approximate surface area is 173 Å². The van der Waals surface area contributed by atoms with E-state index in [0.717, 1.165) is 23.5 Å². The number of ether oxygens (including phenoxy) is 1. The summed E-state index contributed by atoms with van der Waals surface area (Å²) in [6, 6.07) is 11.0. The minimum Gasteiger partial charge on any atom is -0.477 e. The molecule has 3 rings (SSSR count). The van der Waals surface area contributed by atoms with Gasteiger partial charge < -0.3 is 9.84 Å². The van der Waals surface area contributed by atoms with Gasteiger partial charge in [0.1, 0.15) is 10.6 Å². The Morgan fingerprint density at radius 3 is 2.47 bits per heavy atom. The van der Waals surface area contributed by atoms with Crippen LogP contribution in [0, 0.1) is 6.92 Å². The SMILES string of the molecule is Cc1ccccc1S(=O)(=O)Nc1c(-c2cccc(OC(F)(F)F)c2)csc1C(=O)O. The van der Waals surface area contributed by atoms with E-state index in [1.807, 2.05) is 0 Å². The van der Waals surface area contributed by atoms with Crippen molar-refractivity contribution in [3.63, 3.8) is 0 Å². The zero-order chi connectivity index (χ0) is 22.1. The Bertz CT molecular complexity index is 1200. The second-order valence-corrected chi connectivity index (χ2v) is 8.64. The number of carbonyl (C=O) groups is 1. The molecule has 0 spiro atoms. The van der Waals surface area contributed by atoms with E-state index in [-0.39, 0.29) is 26.6 Å². The number of anilines is 1. The van der Waals surface area contributed by atoms with Gasteiger partial charge in [-0.25, -0.2) is 13.2 Å². The maximum Gasteiger partial charge on any atom is 0.573 e. The second-order valence-electron chi connectivity index (χ2n) is 6.11. The van der Waals surface area contributed by atoms with Crippen LogP contribution in [0.5, 0.6) is 5.75 Å². The molecule has 0 atom stereocenters. The number of thiophene rings is 1. The van der Waals surface area contributed by atoms with Gasteiger partial charge in [0, 0.05) is 10.9 Å². The normalized spacial score (nSPS) is 11.9. The molecule has 0 fully saturated rings. The molecule has 0 saturated heterocycles. The summed E-state index contributed by atoms with van der Waals surface area (Å²) in [5.41, 5.74) is 0.476. The first-order valence-electron chi connectivity index (χ1n) is 8.27. The number of alkyl halides is 3. The number of carboxylic acid groups (broad SMARTS) is 1. The average Bonchev–Trinajstić information content (AvgIpc) is 3.03. The average molecular weight is 457 g/mol. The minimum atomic E-state index is -4.91. The van der Waals surface area contributed by atoms with Gasteiger partial charge in [0.2, 0.25) is 0 Å².